The van der Waals surface area contributed by atoms with Gasteiger partial charge >= 0.3 is 0 Å². The zero-order valence-corrected chi connectivity index (χ0v) is 8.52. The van der Waals surface area contributed by atoms with Gasteiger partial charge in [0.15, 0.2) is 5.78 Å². The molecule has 0 spiro atoms. The molecule has 0 aliphatic carbocycles. The first-order valence-corrected chi connectivity index (χ1v) is 4.22. The molecule has 0 aliphatic heterocycles. The third-order valence-electron chi connectivity index (χ3n) is 2.18. The van der Waals surface area contributed by atoms with E-state index < -0.39 is 0 Å². The lowest BCUT2D eigenvalue weighted by Gasteiger charge is -1.98. The van der Waals surface area contributed by atoms with Gasteiger partial charge in [-0.2, -0.15) is 0 Å². The van der Waals surface area contributed by atoms with E-state index in [1.165, 1.54) is 0 Å². The van der Waals surface area contributed by atoms with Gasteiger partial charge < -0.3 is 4.42 Å². The quantitative estimate of drug-likeness (QED) is 0.514. The highest BCUT2D eigenvalue weighted by Crippen LogP contribution is 2.22. The van der Waals surface area contributed by atoms with E-state index in [-0.39, 0.29) is 5.78 Å². The fourth-order valence-electron chi connectivity index (χ4n) is 1.34. The maximum atomic E-state index is 11.6. The molecule has 1 aromatic heterocycles. The van der Waals surface area contributed by atoms with E-state index in [1.54, 1.807) is 13.8 Å². The van der Waals surface area contributed by atoms with Gasteiger partial charge in [0, 0.05) is 5.56 Å². The third-order valence-corrected chi connectivity index (χ3v) is 2.18. The smallest absolute Gasteiger partial charge is 0.191 e. The van der Waals surface area contributed by atoms with Gasteiger partial charge in [-0.1, -0.05) is 6.58 Å². The molecule has 13 heavy (non-hydrogen) atoms. The fraction of sp³-hybridized carbons (Fsp3) is 0.364. The number of Topliss-reactive ketones (excluding diaryl/α,β-unsaturated/α-hetero) is 1. The summed E-state index contributed by atoms with van der Waals surface area (Å²) in [5, 5.41) is 0. The molecule has 2 nitrogen and oxygen atoms in total. The van der Waals surface area contributed by atoms with E-state index in [0.717, 1.165) is 11.3 Å². The summed E-state index contributed by atoms with van der Waals surface area (Å²) in [5.74, 6) is 1.47. The van der Waals surface area contributed by atoms with Crippen LogP contribution in [-0.4, -0.2) is 5.78 Å². The van der Waals surface area contributed by atoms with Gasteiger partial charge in [-0.3, -0.25) is 4.79 Å². The molecular weight excluding hydrogens is 164 g/mol. The largest absolute Gasteiger partial charge is 0.466 e. The average molecular weight is 178 g/mol. The normalized spacial score (nSPS) is 10.2. The molecule has 0 unspecified atom stereocenters. The van der Waals surface area contributed by atoms with E-state index in [0.29, 0.717) is 16.9 Å². The van der Waals surface area contributed by atoms with Gasteiger partial charge in [0.1, 0.15) is 11.5 Å². The molecule has 0 atom stereocenters. The van der Waals surface area contributed by atoms with Crippen molar-refractivity contribution < 1.29 is 9.21 Å². The molecule has 0 fully saturated rings. The van der Waals surface area contributed by atoms with Crippen molar-refractivity contribution in [1.29, 1.82) is 0 Å². The highest BCUT2D eigenvalue weighted by Gasteiger charge is 2.18. The summed E-state index contributed by atoms with van der Waals surface area (Å²) < 4.78 is 5.35. The van der Waals surface area contributed by atoms with E-state index in [1.807, 2.05) is 13.8 Å². The van der Waals surface area contributed by atoms with Crippen LogP contribution in [0.1, 0.15) is 34.4 Å². The van der Waals surface area contributed by atoms with Crippen molar-refractivity contribution in [3.8, 4) is 0 Å². The first-order valence-electron chi connectivity index (χ1n) is 4.22. The van der Waals surface area contributed by atoms with Crippen molar-refractivity contribution in [1.82, 2.24) is 0 Å². The molecular formula is C11H14O2. The Balaban J connectivity index is 3.29. The Labute approximate surface area is 78.3 Å². The number of aryl methyl sites for hydroxylation is 2. The van der Waals surface area contributed by atoms with Crippen molar-refractivity contribution in [2.75, 3.05) is 0 Å². The maximum Gasteiger partial charge on any atom is 0.191 e. The van der Waals surface area contributed by atoms with E-state index in [9.17, 15) is 4.79 Å². The van der Waals surface area contributed by atoms with Gasteiger partial charge in [0.05, 0.1) is 5.56 Å². The van der Waals surface area contributed by atoms with Crippen LogP contribution >= 0.6 is 0 Å². The van der Waals surface area contributed by atoms with Gasteiger partial charge in [0.2, 0.25) is 0 Å². The highest BCUT2D eigenvalue weighted by molar-refractivity contribution is 6.09. The Hall–Kier alpha value is -1.31. The van der Waals surface area contributed by atoms with E-state index in [2.05, 4.69) is 6.58 Å². The minimum absolute atomic E-state index is 0.0214. The SMILES string of the molecule is C=C(C)C(=O)c1c(C)oc(C)c1C. The number of furan rings is 1. The lowest BCUT2D eigenvalue weighted by atomic mass is 10.0. The minimum Gasteiger partial charge on any atom is -0.466 e. The standard InChI is InChI=1S/C11H14O2/c1-6(2)11(12)10-7(3)8(4)13-9(10)5/h1H2,2-5H3. The zero-order valence-electron chi connectivity index (χ0n) is 8.52. The van der Waals surface area contributed by atoms with Gasteiger partial charge in [-0.25, -0.2) is 0 Å². The third kappa shape index (κ3) is 1.57. The Morgan fingerprint density at radius 1 is 1.23 bits per heavy atom. The molecule has 2 heteroatoms. The monoisotopic (exact) mass is 178 g/mol. The average Bonchev–Trinajstić information content (AvgIpc) is 2.26. The number of carbonyl (C=O) groups excluding carboxylic acids is 1. The summed E-state index contributed by atoms with van der Waals surface area (Å²) in [6, 6.07) is 0. The lowest BCUT2D eigenvalue weighted by Crippen LogP contribution is -2.01. The molecule has 0 aliphatic rings. The topological polar surface area (TPSA) is 30.2 Å². The Morgan fingerprint density at radius 3 is 2.08 bits per heavy atom. The van der Waals surface area contributed by atoms with Crippen LogP contribution in [-0.2, 0) is 0 Å². The van der Waals surface area contributed by atoms with Crippen molar-refractivity contribution in [3.05, 3.63) is 34.8 Å². The number of ketones is 1. The van der Waals surface area contributed by atoms with Crippen molar-refractivity contribution in [2.24, 2.45) is 0 Å². The second-order valence-corrected chi connectivity index (χ2v) is 3.32. The van der Waals surface area contributed by atoms with Gasteiger partial charge in [-0.05, 0) is 33.3 Å². The zero-order chi connectivity index (χ0) is 10.2. The Kier molecular flexibility index (Phi) is 2.41. The van der Waals surface area contributed by atoms with Gasteiger partial charge in [0.25, 0.3) is 0 Å². The molecule has 0 saturated heterocycles. The highest BCUT2D eigenvalue weighted by atomic mass is 16.3. The van der Waals surface area contributed by atoms with Crippen LogP contribution in [0.2, 0.25) is 0 Å². The Morgan fingerprint density at radius 2 is 1.77 bits per heavy atom. The van der Waals surface area contributed by atoms with E-state index in [4.69, 9.17) is 4.42 Å². The van der Waals surface area contributed by atoms with Crippen molar-refractivity contribution >= 4 is 5.78 Å². The number of allylic oxidation sites excluding steroid dienone is 1. The number of hydrogen-bond donors (Lipinski definition) is 0. The molecule has 70 valence electrons. The first kappa shape index (κ1) is 9.78. The summed E-state index contributed by atoms with van der Waals surface area (Å²) in [7, 11) is 0. The molecule has 0 aromatic carbocycles. The lowest BCUT2D eigenvalue weighted by molar-refractivity contribution is 0.103. The van der Waals surface area contributed by atoms with Crippen LogP contribution in [0.15, 0.2) is 16.6 Å². The van der Waals surface area contributed by atoms with Crippen LogP contribution in [0, 0.1) is 20.8 Å². The van der Waals surface area contributed by atoms with Crippen LogP contribution in [0.4, 0.5) is 0 Å². The van der Waals surface area contributed by atoms with E-state index >= 15 is 0 Å². The number of carbonyl (C=O) groups is 1. The van der Waals surface area contributed by atoms with Crippen molar-refractivity contribution in [3.63, 3.8) is 0 Å². The molecule has 1 rings (SSSR count). The minimum atomic E-state index is -0.0214. The molecule has 0 radical (unpaired) electrons. The molecule has 0 amide bonds. The summed E-state index contributed by atoms with van der Waals surface area (Å²) >= 11 is 0. The second-order valence-electron chi connectivity index (χ2n) is 3.32. The van der Waals surface area contributed by atoms with Crippen LogP contribution in [0.3, 0.4) is 0 Å². The Bertz CT molecular complexity index is 370. The summed E-state index contributed by atoms with van der Waals surface area (Å²) in [4.78, 5) is 11.6. The fourth-order valence-corrected chi connectivity index (χ4v) is 1.34. The first-order chi connectivity index (χ1) is 5.95. The number of hydrogen-bond acceptors (Lipinski definition) is 2. The predicted molar refractivity (Wildman–Crippen MR) is 52.1 cm³/mol. The van der Waals surface area contributed by atoms with Crippen LogP contribution in [0.5, 0.6) is 0 Å². The van der Waals surface area contributed by atoms with Crippen LogP contribution < -0.4 is 0 Å². The number of rotatable bonds is 2. The molecule has 0 saturated carbocycles. The summed E-state index contributed by atoms with van der Waals surface area (Å²) in [5.41, 5.74) is 2.14. The predicted octanol–water partition coefficient (Wildman–Crippen LogP) is 2.96. The summed E-state index contributed by atoms with van der Waals surface area (Å²) in [6.07, 6.45) is 0. The summed E-state index contributed by atoms with van der Waals surface area (Å²) in [6.45, 7) is 10.9. The van der Waals surface area contributed by atoms with Crippen LogP contribution in [0.25, 0.3) is 0 Å². The van der Waals surface area contributed by atoms with Gasteiger partial charge in [-0.15, -0.1) is 0 Å². The molecule has 1 heterocycles. The molecule has 1 aromatic rings. The molecule has 0 N–H and O–H groups in total. The molecule has 0 bridgehead atoms. The van der Waals surface area contributed by atoms with Crippen molar-refractivity contribution in [2.45, 2.75) is 27.7 Å². The second kappa shape index (κ2) is 3.21. The maximum absolute atomic E-state index is 11.6.